The van der Waals surface area contributed by atoms with Gasteiger partial charge >= 0.3 is 6.03 Å². The third kappa shape index (κ3) is 5.19. The molecule has 198 valence electrons. The highest BCUT2D eigenvalue weighted by Crippen LogP contribution is 2.34. The first-order valence-electron chi connectivity index (χ1n) is 11.9. The van der Waals surface area contributed by atoms with Gasteiger partial charge in [-0.2, -0.15) is 5.10 Å². The Morgan fingerprint density at radius 3 is 2.58 bits per heavy atom. The van der Waals surface area contributed by atoms with Gasteiger partial charge in [-0.05, 0) is 17.4 Å². The fraction of sp³-hybridized carbons (Fsp3) is 0.609. The van der Waals surface area contributed by atoms with Crippen molar-refractivity contribution in [1.82, 2.24) is 19.7 Å². The zero-order valence-electron chi connectivity index (χ0n) is 21.6. The highest BCUT2D eigenvalue weighted by atomic mass is 32.2. The number of methoxy groups -OCH3 is 2. The minimum atomic E-state index is -3.62. The molecule has 2 amide bonds. The molecule has 4 heterocycles. The fourth-order valence-corrected chi connectivity index (χ4v) is 5.38. The molecule has 2 aliphatic rings. The summed E-state index contributed by atoms with van der Waals surface area (Å²) in [6.45, 7) is 10.5. The molecule has 4 rings (SSSR count). The average Bonchev–Trinajstić information content (AvgIpc) is 3.22. The number of urea groups is 1. The maximum Gasteiger partial charge on any atom is 0.354 e. The normalized spacial score (nSPS) is 19.9. The Morgan fingerprint density at radius 1 is 1.25 bits per heavy atom. The van der Waals surface area contributed by atoms with Crippen LogP contribution >= 0.6 is 0 Å². The van der Waals surface area contributed by atoms with Crippen LogP contribution in [0, 0.1) is 0 Å². The van der Waals surface area contributed by atoms with Gasteiger partial charge in [0.1, 0.15) is 11.5 Å². The molecule has 0 radical (unpaired) electrons. The van der Waals surface area contributed by atoms with Gasteiger partial charge < -0.3 is 19.5 Å². The molecule has 2 atom stereocenters. The van der Waals surface area contributed by atoms with E-state index >= 15 is 0 Å². The summed E-state index contributed by atoms with van der Waals surface area (Å²) in [5.74, 6) is 0.783. The monoisotopic (exact) mass is 521 g/mol. The van der Waals surface area contributed by atoms with E-state index in [4.69, 9.17) is 19.3 Å². The van der Waals surface area contributed by atoms with E-state index in [1.165, 1.54) is 6.20 Å². The zero-order valence-corrected chi connectivity index (χ0v) is 22.4. The second kappa shape index (κ2) is 10.3. The molecule has 36 heavy (non-hydrogen) atoms. The van der Waals surface area contributed by atoms with Crippen molar-refractivity contribution in [1.29, 1.82) is 0 Å². The summed E-state index contributed by atoms with van der Waals surface area (Å²) in [4.78, 5) is 19.8. The van der Waals surface area contributed by atoms with E-state index in [1.807, 2.05) is 27.7 Å². The number of ether oxygens (including phenoxy) is 3. The van der Waals surface area contributed by atoms with E-state index in [9.17, 15) is 9.00 Å². The van der Waals surface area contributed by atoms with Crippen LogP contribution in [0.4, 0.5) is 10.5 Å². The van der Waals surface area contributed by atoms with Crippen LogP contribution in [0.3, 0.4) is 0 Å². The maximum absolute atomic E-state index is 13.4. The Kier molecular flexibility index (Phi) is 7.55. The van der Waals surface area contributed by atoms with Crippen molar-refractivity contribution in [3.63, 3.8) is 0 Å². The molecule has 2 aromatic heterocycles. The van der Waals surface area contributed by atoms with Crippen LogP contribution in [-0.4, -0.2) is 76.0 Å². The first kappa shape index (κ1) is 26.3. The van der Waals surface area contributed by atoms with Crippen LogP contribution < -0.4 is 19.9 Å². The van der Waals surface area contributed by atoms with Gasteiger partial charge in [0.15, 0.2) is 9.92 Å². The standard InChI is InChI=1S/C23H35N7O5S/c1-13(2)17-7-19(34-6)26-20(14(3)4)21(17)27-23(31)28-36(24,32)18-8-25-30-9-15(12-35-22(18)30)29-10-16(11-29)33-5/h7-8,13-16H,9-12H2,1-6H3,(H3,24,27,28,31,32)/t15-,36-/m0/s1. The number of nitrogens with two attached hydrogens (primary N) is 1. The minimum Gasteiger partial charge on any atom is -0.481 e. The molecule has 1 fully saturated rings. The Morgan fingerprint density at radius 2 is 1.97 bits per heavy atom. The average molecular weight is 522 g/mol. The quantitative estimate of drug-likeness (QED) is 0.565. The number of nitrogens with one attached hydrogen (secondary N) is 1. The number of amides is 2. The van der Waals surface area contributed by atoms with Gasteiger partial charge in [0.2, 0.25) is 11.8 Å². The third-order valence-corrected chi connectivity index (χ3v) is 7.83. The van der Waals surface area contributed by atoms with Crippen molar-refractivity contribution in [2.45, 2.75) is 63.1 Å². The second-order valence-corrected chi connectivity index (χ2v) is 11.4. The Labute approximate surface area is 211 Å². The van der Waals surface area contributed by atoms with E-state index in [-0.39, 0.29) is 34.8 Å². The smallest absolute Gasteiger partial charge is 0.354 e. The number of pyridine rings is 1. The summed E-state index contributed by atoms with van der Waals surface area (Å²) in [6.07, 6.45) is 1.59. The van der Waals surface area contributed by atoms with Gasteiger partial charge in [0.05, 0.1) is 43.4 Å². The Bertz CT molecular complexity index is 1220. The summed E-state index contributed by atoms with van der Waals surface area (Å²) in [5, 5.41) is 13.1. The molecule has 1 saturated heterocycles. The molecule has 12 nitrogen and oxygen atoms in total. The van der Waals surface area contributed by atoms with Crippen molar-refractivity contribution in [2.24, 2.45) is 9.50 Å². The molecular formula is C23H35N7O5S. The molecule has 0 spiro atoms. The Balaban J connectivity index is 1.57. The lowest BCUT2D eigenvalue weighted by Gasteiger charge is -2.44. The van der Waals surface area contributed by atoms with Crippen LogP contribution in [0.1, 0.15) is 50.8 Å². The van der Waals surface area contributed by atoms with Crippen LogP contribution in [0.25, 0.3) is 0 Å². The number of carbonyl (C=O) groups is 1. The van der Waals surface area contributed by atoms with Crippen LogP contribution in [-0.2, 0) is 21.2 Å². The van der Waals surface area contributed by atoms with E-state index in [1.54, 1.807) is 25.0 Å². The summed E-state index contributed by atoms with van der Waals surface area (Å²) >= 11 is 0. The largest absolute Gasteiger partial charge is 0.481 e. The van der Waals surface area contributed by atoms with Gasteiger partial charge in [0, 0.05) is 26.3 Å². The van der Waals surface area contributed by atoms with Gasteiger partial charge in [-0.1, -0.05) is 27.7 Å². The topological polar surface area (TPSA) is 146 Å². The number of anilines is 1. The molecule has 3 N–H and O–H groups in total. The number of hydrogen-bond donors (Lipinski definition) is 2. The van der Waals surface area contributed by atoms with Crippen molar-refractivity contribution >= 4 is 21.6 Å². The van der Waals surface area contributed by atoms with E-state index < -0.39 is 15.9 Å². The lowest BCUT2D eigenvalue weighted by molar-refractivity contribution is -0.0687. The van der Waals surface area contributed by atoms with Crippen molar-refractivity contribution in [3.8, 4) is 11.8 Å². The van der Waals surface area contributed by atoms with Crippen LogP contribution in [0.5, 0.6) is 11.8 Å². The summed E-state index contributed by atoms with van der Waals surface area (Å²) < 4.78 is 35.4. The lowest BCUT2D eigenvalue weighted by atomic mass is 9.97. The Hall–Kier alpha value is -2.74. The number of aromatic nitrogens is 3. The first-order chi connectivity index (χ1) is 17.0. The molecule has 0 unspecified atom stereocenters. The van der Waals surface area contributed by atoms with Crippen molar-refractivity contribution < 1.29 is 23.2 Å². The highest BCUT2D eigenvalue weighted by Gasteiger charge is 2.37. The van der Waals surface area contributed by atoms with Crippen LogP contribution in [0.15, 0.2) is 21.5 Å². The van der Waals surface area contributed by atoms with Gasteiger partial charge in [0.25, 0.3) is 0 Å². The molecular weight excluding hydrogens is 486 g/mol. The summed E-state index contributed by atoms with van der Waals surface area (Å²) in [7, 11) is -0.375. The number of likely N-dealkylation sites (tertiary alicyclic amines) is 1. The van der Waals surface area contributed by atoms with Gasteiger partial charge in [-0.3, -0.25) is 4.90 Å². The van der Waals surface area contributed by atoms with Gasteiger partial charge in [-0.25, -0.2) is 23.8 Å². The van der Waals surface area contributed by atoms with Crippen molar-refractivity contribution in [3.05, 3.63) is 23.5 Å². The number of carbonyl (C=O) groups excluding carboxylic acids is 1. The van der Waals surface area contributed by atoms with Crippen molar-refractivity contribution in [2.75, 3.05) is 39.2 Å². The fourth-order valence-electron chi connectivity index (χ4n) is 4.37. The number of rotatable bonds is 7. The zero-order chi connectivity index (χ0) is 26.2. The molecule has 2 aliphatic heterocycles. The summed E-state index contributed by atoms with van der Waals surface area (Å²) in [6, 6.07) is 1.06. The predicted molar refractivity (Wildman–Crippen MR) is 135 cm³/mol. The van der Waals surface area contributed by atoms with Crippen LogP contribution in [0.2, 0.25) is 0 Å². The molecule has 0 aromatic carbocycles. The third-order valence-electron chi connectivity index (χ3n) is 6.48. The molecule has 0 bridgehead atoms. The van der Waals surface area contributed by atoms with E-state index in [0.29, 0.717) is 30.4 Å². The first-order valence-corrected chi connectivity index (χ1v) is 13.5. The van der Waals surface area contributed by atoms with Gasteiger partial charge in [-0.15, -0.1) is 4.36 Å². The second-order valence-electron chi connectivity index (χ2n) is 9.69. The molecule has 0 aliphatic carbocycles. The minimum absolute atomic E-state index is 0.00949. The predicted octanol–water partition coefficient (Wildman–Crippen LogP) is 2.56. The number of hydrogen-bond acceptors (Lipinski definition) is 8. The highest BCUT2D eigenvalue weighted by molar-refractivity contribution is 7.91. The molecule has 2 aromatic rings. The molecule has 13 heteroatoms. The van der Waals surface area contributed by atoms with E-state index in [0.717, 1.165) is 18.7 Å². The number of fused-ring (bicyclic) bond motifs is 1. The maximum atomic E-state index is 13.4. The lowest BCUT2D eigenvalue weighted by Crippen LogP contribution is -2.59. The van der Waals surface area contributed by atoms with E-state index in [2.05, 4.69) is 24.7 Å². The summed E-state index contributed by atoms with van der Waals surface area (Å²) in [5.41, 5.74) is 1.99. The molecule has 0 saturated carbocycles. The number of nitrogens with zero attached hydrogens (tertiary/aromatic N) is 5. The SMILES string of the molecule is COc1cc(C(C)C)c(NC(=O)N=[S@](N)(=O)c2cnn3c2OC[C@@H](N2CC(OC)C2)C3)c(C(C)C)n1.